The number of phenolic OH excluding ortho intramolecular Hbond substituents is 1. The molecule has 4 heteroatoms. The van der Waals surface area contributed by atoms with Crippen molar-refractivity contribution in [2.75, 3.05) is 20.8 Å². The zero-order chi connectivity index (χ0) is 15.1. The molecule has 2 rings (SSSR count). The van der Waals surface area contributed by atoms with Crippen LogP contribution < -0.4 is 14.8 Å². The maximum atomic E-state index is 9.98. The average molecular weight is 287 g/mol. The van der Waals surface area contributed by atoms with Gasteiger partial charge in [-0.25, -0.2) is 0 Å². The topological polar surface area (TPSA) is 50.7 Å². The second kappa shape index (κ2) is 7.55. The first-order valence-corrected chi connectivity index (χ1v) is 6.93. The van der Waals surface area contributed by atoms with Crippen LogP contribution in [-0.2, 0) is 13.0 Å². The van der Waals surface area contributed by atoms with Crippen LogP contribution in [0.15, 0.2) is 42.5 Å². The normalized spacial score (nSPS) is 10.4. The molecule has 0 bridgehead atoms. The Balaban J connectivity index is 1.81. The standard InChI is InChI=1S/C17H21NO3/c1-20-15-8-6-13(7-9-15)10-11-18-12-14-4-3-5-16(21-2)17(14)19/h3-9,18-19H,10-12H2,1-2H3. The van der Waals surface area contributed by atoms with Crippen LogP contribution in [0.2, 0.25) is 0 Å². The van der Waals surface area contributed by atoms with Gasteiger partial charge in [0.05, 0.1) is 14.2 Å². The first-order chi connectivity index (χ1) is 10.2. The summed E-state index contributed by atoms with van der Waals surface area (Å²) < 4.78 is 10.2. The van der Waals surface area contributed by atoms with Crippen molar-refractivity contribution < 1.29 is 14.6 Å². The summed E-state index contributed by atoms with van der Waals surface area (Å²) in [5, 5.41) is 13.3. The zero-order valence-electron chi connectivity index (χ0n) is 12.4. The molecule has 0 fully saturated rings. The number of hydrogen-bond donors (Lipinski definition) is 2. The van der Waals surface area contributed by atoms with E-state index in [1.54, 1.807) is 20.3 Å². The van der Waals surface area contributed by atoms with Gasteiger partial charge < -0.3 is 19.9 Å². The summed E-state index contributed by atoms with van der Waals surface area (Å²) in [5.74, 6) is 1.58. The highest BCUT2D eigenvalue weighted by Crippen LogP contribution is 2.29. The van der Waals surface area contributed by atoms with Gasteiger partial charge in [0.15, 0.2) is 11.5 Å². The number of phenols is 1. The fourth-order valence-electron chi connectivity index (χ4n) is 2.12. The van der Waals surface area contributed by atoms with E-state index >= 15 is 0 Å². The van der Waals surface area contributed by atoms with E-state index in [0.717, 1.165) is 24.3 Å². The summed E-state index contributed by atoms with van der Waals surface area (Å²) in [6, 6.07) is 13.5. The molecule has 2 N–H and O–H groups in total. The Bertz CT molecular complexity index is 567. The van der Waals surface area contributed by atoms with Gasteiger partial charge in [-0.15, -0.1) is 0 Å². The molecule has 21 heavy (non-hydrogen) atoms. The third kappa shape index (κ3) is 4.13. The Hall–Kier alpha value is -2.20. The molecule has 0 aliphatic heterocycles. The molecule has 0 aliphatic rings. The van der Waals surface area contributed by atoms with E-state index in [-0.39, 0.29) is 5.75 Å². The van der Waals surface area contributed by atoms with Gasteiger partial charge >= 0.3 is 0 Å². The monoisotopic (exact) mass is 287 g/mol. The van der Waals surface area contributed by atoms with Crippen molar-refractivity contribution in [3.8, 4) is 17.2 Å². The highest BCUT2D eigenvalue weighted by Gasteiger charge is 2.06. The summed E-state index contributed by atoms with van der Waals surface area (Å²) in [6.07, 6.45) is 0.925. The third-order valence-electron chi connectivity index (χ3n) is 3.37. The number of rotatable bonds is 7. The molecule has 112 valence electrons. The summed E-state index contributed by atoms with van der Waals surface area (Å²) in [5.41, 5.74) is 2.09. The molecule has 2 aromatic carbocycles. The lowest BCUT2D eigenvalue weighted by molar-refractivity contribution is 0.369. The van der Waals surface area contributed by atoms with Gasteiger partial charge in [0.25, 0.3) is 0 Å². The molecule has 0 atom stereocenters. The molecule has 0 spiro atoms. The number of ether oxygens (including phenoxy) is 2. The van der Waals surface area contributed by atoms with Gasteiger partial charge in [-0.3, -0.25) is 0 Å². The highest BCUT2D eigenvalue weighted by atomic mass is 16.5. The third-order valence-corrected chi connectivity index (χ3v) is 3.37. The smallest absolute Gasteiger partial charge is 0.162 e. The van der Waals surface area contributed by atoms with Crippen molar-refractivity contribution in [2.24, 2.45) is 0 Å². The summed E-state index contributed by atoms with van der Waals surface area (Å²) in [4.78, 5) is 0. The van der Waals surface area contributed by atoms with Gasteiger partial charge in [-0.1, -0.05) is 24.3 Å². The van der Waals surface area contributed by atoms with Crippen molar-refractivity contribution in [2.45, 2.75) is 13.0 Å². The molecular weight excluding hydrogens is 266 g/mol. The number of benzene rings is 2. The Labute approximate surface area is 125 Å². The van der Waals surface area contributed by atoms with Crippen LogP contribution in [0.25, 0.3) is 0 Å². The van der Waals surface area contributed by atoms with Crippen molar-refractivity contribution in [1.29, 1.82) is 0 Å². The molecule has 0 radical (unpaired) electrons. The van der Waals surface area contributed by atoms with E-state index < -0.39 is 0 Å². The van der Waals surface area contributed by atoms with Gasteiger partial charge in [0, 0.05) is 12.1 Å². The van der Waals surface area contributed by atoms with Crippen molar-refractivity contribution >= 4 is 0 Å². The van der Waals surface area contributed by atoms with Crippen molar-refractivity contribution in [1.82, 2.24) is 5.32 Å². The minimum atomic E-state index is 0.206. The lowest BCUT2D eigenvalue weighted by Gasteiger charge is -2.10. The summed E-state index contributed by atoms with van der Waals surface area (Å²) in [7, 11) is 3.22. The Morgan fingerprint density at radius 2 is 1.76 bits per heavy atom. The number of nitrogens with one attached hydrogen (secondary N) is 1. The van der Waals surface area contributed by atoms with Crippen LogP contribution in [0.1, 0.15) is 11.1 Å². The van der Waals surface area contributed by atoms with E-state index in [2.05, 4.69) is 17.4 Å². The van der Waals surface area contributed by atoms with E-state index in [0.29, 0.717) is 12.3 Å². The molecular formula is C17H21NO3. The molecule has 4 nitrogen and oxygen atoms in total. The molecule has 0 unspecified atom stereocenters. The fourth-order valence-corrected chi connectivity index (χ4v) is 2.12. The molecule has 0 aliphatic carbocycles. The lowest BCUT2D eigenvalue weighted by atomic mass is 10.1. The fraction of sp³-hybridized carbons (Fsp3) is 0.294. The number of aromatic hydroxyl groups is 1. The second-order valence-electron chi connectivity index (χ2n) is 4.74. The maximum absolute atomic E-state index is 9.98. The van der Waals surface area contributed by atoms with Crippen molar-refractivity contribution in [3.63, 3.8) is 0 Å². The van der Waals surface area contributed by atoms with E-state index in [1.807, 2.05) is 24.3 Å². The zero-order valence-corrected chi connectivity index (χ0v) is 12.4. The largest absolute Gasteiger partial charge is 0.504 e. The van der Waals surface area contributed by atoms with E-state index in [1.165, 1.54) is 5.56 Å². The summed E-state index contributed by atoms with van der Waals surface area (Å²) >= 11 is 0. The molecule has 0 aromatic heterocycles. The molecule has 0 heterocycles. The van der Waals surface area contributed by atoms with Gasteiger partial charge in [0.2, 0.25) is 0 Å². The van der Waals surface area contributed by atoms with Crippen LogP contribution in [0.3, 0.4) is 0 Å². The SMILES string of the molecule is COc1ccc(CCNCc2cccc(OC)c2O)cc1. The van der Waals surface area contributed by atoms with E-state index in [9.17, 15) is 5.11 Å². The van der Waals surface area contributed by atoms with E-state index in [4.69, 9.17) is 9.47 Å². The Kier molecular flexibility index (Phi) is 5.46. The van der Waals surface area contributed by atoms with Gasteiger partial charge in [0.1, 0.15) is 5.75 Å². The predicted octanol–water partition coefficient (Wildman–Crippen LogP) is 2.74. The lowest BCUT2D eigenvalue weighted by Crippen LogP contribution is -2.16. The maximum Gasteiger partial charge on any atom is 0.162 e. The van der Waals surface area contributed by atoms with Gasteiger partial charge in [-0.2, -0.15) is 0 Å². The quantitative estimate of drug-likeness (QED) is 0.769. The van der Waals surface area contributed by atoms with Crippen LogP contribution in [-0.4, -0.2) is 25.9 Å². The average Bonchev–Trinajstić information content (AvgIpc) is 2.53. The molecule has 2 aromatic rings. The van der Waals surface area contributed by atoms with Crippen LogP contribution in [0.5, 0.6) is 17.2 Å². The minimum Gasteiger partial charge on any atom is -0.504 e. The minimum absolute atomic E-state index is 0.206. The van der Waals surface area contributed by atoms with Crippen LogP contribution in [0.4, 0.5) is 0 Å². The predicted molar refractivity (Wildman–Crippen MR) is 83.1 cm³/mol. The van der Waals surface area contributed by atoms with Crippen LogP contribution >= 0.6 is 0 Å². The number of methoxy groups -OCH3 is 2. The first kappa shape index (κ1) is 15.2. The highest BCUT2D eigenvalue weighted by molar-refractivity contribution is 5.45. The molecule has 0 saturated carbocycles. The van der Waals surface area contributed by atoms with Crippen molar-refractivity contribution in [3.05, 3.63) is 53.6 Å². The number of hydrogen-bond acceptors (Lipinski definition) is 4. The molecule has 0 amide bonds. The van der Waals surface area contributed by atoms with Gasteiger partial charge in [-0.05, 0) is 36.7 Å². The van der Waals surface area contributed by atoms with Crippen LogP contribution in [0, 0.1) is 0 Å². The molecule has 0 saturated heterocycles. The number of para-hydroxylation sites is 1. The Morgan fingerprint density at radius 3 is 2.43 bits per heavy atom. The summed E-state index contributed by atoms with van der Waals surface area (Å²) in [6.45, 7) is 1.45. The Morgan fingerprint density at radius 1 is 1.00 bits per heavy atom. The second-order valence-corrected chi connectivity index (χ2v) is 4.74. The first-order valence-electron chi connectivity index (χ1n) is 6.93.